The minimum absolute atomic E-state index is 0.0146. The summed E-state index contributed by atoms with van der Waals surface area (Å²) in [5, 5.41) is 1.08. The van der Waals surface area contributed by atoms with Gasteiger partial charge in [-0.3, -0.25) is 9.69 Å². The Bertz CT molecular complexity index is 850. The fraction of sp³-hybridized carbons (Fsp3) is 0.682. The molecule has 1 atom stereocenters. The van der Waals surface area contributed by atoms with Gasteiger partial charge in [0, 0.05) is 45.0 Å². The molecule has 1 N–H and O–H groups in total. The van der Waals surface area contributed by atoms with Crippen molar-refractivity contribution in [2.45, 2.75) is 72.1 Å². The Hall–Kier alpha value is -1.37. The van der Waals surface area contributed by atoms with Crippen LogP contribution in [-0.2, 0) is 24.4 Å². The SMILES string of the molecule is CCc1c[nH]c(=O)c2c1cc(CN1CCC[C@H](C)C1)n2COCC[Si](C)(C)C. The van der Waals surface area contributed by atoms with Gasteiger partial charge >= 0.3 is 0 Å². The highest BCUT2D eigenvalue weighted by molar-refractivity contribution is 6.76. The van der Waals surface area contributed by atoms with Gasteiger partial charge in [-0.15, -0.1) is 0 Å². The number of ether oxygens (including phenoxy) is 1. The van der Waals surface area contributed by atoms with E-state index >= 15 is 0 Å². The summed E-state index contributed by atoms with van der Waals surface area (Å²) in [4.78, 5) is 18.1. The lowest BCUT2D eigenvalue weighted by molar-refractivity contribution is 0.0848. The molecule has 1 fully saturated rings. The van der Waals surface area contributed by atoms with Gasteiger partial charge in [0.1, 0.15) is 12.2 Å². The highest BCUT2D eigenvalue weighted by Crippen LogP contribution is 2.24. The molecule has 0 radical (unpaired) electrons. The van der Waals surface area contributed by atoms with Crippen molar-refractivity contribution in [1.29, 1.82) is 0 Å². The average Bonchev–Trinajstić information content (AvgIpc) is 2.97. The highest BCUT2D eigenvalue weighted by atomic mass is 28.3. The number of aryl methyl sites for hydroxylation is 1. The van der Waals surface area contributed by atoms with E-state index in [9.17, 15) is 4.79 Å². The highest BCUT2D eigenvalue weighted by Gasteiger charge is 2.21. The van der Waals surface area contributed by atoms with E-state index in [-0.39, 0.29) is 5.56 Å². The van der Waals surface area contributed by atoms with Gasteiger partial charge in [0.15, 0.2) is 0 Å². The van der Waals surface area contributed by atoms with Crippen molar-refractivity contribution in [2.24, 2.45) is 5.92 Å². The van der Waals surface area contributed by atoms with Crippen LogP contribution >= 0.6 is 0 Å². The third-order valence-corrected chi connectivity index (χ3v) is 7.55. The van der Waals surface area contributed by atoms with Gasteiger partial charge in [-0.25, -0.2) is 0 Å². The lowest BCUT2D eigenvalue weighted by Gasteiger charge is -2.31. The molecular weight excluding hydrogens is 366 g/mol. The number of pyridine rings is 1. The second kappa shape index (κ2) is 8.97. The van der Waals surface area contributed by atoms with Gasteiger partial charge in [0.25, 0.3) is 5.56 Å². The zero-order valence-corrected chi connectivity index (χ0v) is 19.3. The summed E-state index contributed by atoms with van der Waals surface area (Å²) in [6, 6.07) is 3.37. The fourth-order valence-electron chi connectivity index (χ4n) is 4.15. The second-order valence-electron chi connectivity index (χ2n) is 9.65. The van der Waals surface area contributed by atoms with Gasteiger partial charge in [-0.05, 0) is 49.4 Å². The number of rotatable bonds is 8. The van der Waals surface area contributed by atoms with Crippen LogP contribution in [0, 0.1) is 5.92 Å². The quantitative estimate of drug-likeness (QED) is 0.524. The lowest BCUT2D eigenvalue weighted by atomic mass is 10.0. The first-order valence-corrected chi connectivity index (χ1v) is 14.5. The van der Waals surface area contributed by atoms with Crippen molar-refractivity contribution in [3.8, 4) is 0 Å². The van der Waals surface area contributed by atoms with Crippen molar-refractivity contribution >= 4 is 19.0 Å². The number of H-pyrrole nitrogens is 1. The third kappa shape index (κ3) is 5.16. The number of piperidine rings is 1. The van der Waals surface area contributed by atoms with Crippen LogP contribution in [0.25, 0.3) is 10.9 Å². The van der Waals surface area contributed by atoms with Crippen molar-refractivity contribution in [2.75, 3.05) is 19.7 Å². The van der Waals surface area contributed by atoms with E-state index in [0.29, 0.717) is 6.73 Å². The van der Waals surface area contributed by atoms with Crippen molar-refractivity contribution in [3.05, 3.63) is 33.9 Å². The Kier molecular flexibility index (Phi) is 6.84. The van der Waals surface area contributed by atoms with Gasteiger partial charge in [0.05, 0.1) is 0 Å². The molecule has 2 aromatic heterocycles. The van der Waals surface area contributed by atoms with Crippen LogP contribution in [0.1, 0.15) is 37.9 Å². The van der Waals surface area contributed by atoms with Crippen LogP contribution in [0.3, 0.4) is 0 Å². The number of nitrogens with zero attached hydrogens (tertiary/aromatic N) is 2. The van der Waals surface area contributed by atoms with Crippen LogP contribution in [0.2, 0.25) is 25.7 Å². The molecule has 2 aromatic rings. The summed E-state index contributed by atoms with van der Waals surface area (Å²) in [7, 11) is -1.13. The summed E-state index contributed by atoms with van der Waals surface area (Å²) >= 11 is 0. The summed E-state index contributed by atoms with van der Waals surface area (Å²) < 4.78 is 8.19. The monoisotopic (exact) mass is 403 g/mol. The van der Waals surface area contributed by atoms with E-state index in [1.165, 1.54) is 24.1 Å². The summed E-state index contributed by atoms with van der Waals surface area (Å²) in [5.74, 6) is 0.745. The number of fused-ring (bicyclic) bond motifs is 1. The van der Waals surface area contributed by atoms with E-state index in [1.54, 1.807) is 0 Å². The number of aromatic amines is 1. The van der Waals surface area contributed by atoms with Crippen LogP contribution in [0.15, 0.2) is 17.1 Å². The topological polar surface area (TPSA) is 50.3 Å². The number of likely N-dealkylation sites (tertiary alicyclic amines) is 1. The molecule has 28 heavy (non-hydrogen) atoms. The molecule has 1 saturated heterocycles. The van der Waals surface area contributed by atoms with Crippen molar-refractivity contribution in [1.82, 2.24) is 14.5 Å². The standard InChI is InChI=1S/C22H37N3O2Si/c1-6-18-13-23-22(26)21-20(18)12-19(15-24-9-7-8-17(2)14-24)25(21)16-27-10-11-28(3,4)5/h12-13,17H,6-11,14-16H2,1-5H3,(H,23,26)/t17-/m0/s1. The molecule has 0 amide bonds. The first kappa shape index (κ1) is 21.3. The molecule has 0 saturated carbocycles. The molecule has 0 aromatic carbocycles. The molecule has 0 spiro atoms. The van der Waals surface area contributed by atoms with E-state index in [0.717, 1.165) is 55.5 Å². The molecule has 1 aliphatic rings. The van der Waals surface area contributed by atoms with Crippen molar-refractivity contribution < 1.29 is 4.74 Å². The predicted octanol–water partition coefficient (Wildman–Crippen LogP) is 4.44. The third-order valence-electron chi connectivity index (χ3n) is 5.85. The van der Waals surface area contributed by atoms with E-state index in [4.69, 9.17) is 4.74 Å². The summed E-state index contributed by atoms with van der Waals surface area (Å²) in [5.41, 5.74) is 3.15. The fourth-order valence-corrected chi connectivity index (χ4v) is 4.91. The first-order chi connectivity index (χ1) is 13.3. The van der Waals surface area contributed by atoms with Crippen LogP contribution in [-0.4, -0.2) is 42.2 Å². The van der Waals surface area contributed by atoms with Gasteiger partial charge in [0.2, 0.25) is 0 Å². The lowest BCUT2D eigenvalue weighted by Crippen LogP contribution is -2.34. The normalized spacial score (nSPS) is 18.8. The Morgan fingerprint density at radius 3 is 2.79 bits per heavy atom. The minimum Gasteiger partial charge on any atom is -0.361 e. The zero-order chi connectivity index (χ0) is 20.3. The van der Waals surface area contributed by atoms with Crippen LogP contribution < -0.4 is 5.56 Å². The molecule has 3 rings (SSSR count). The molecule has 0 unspecified atom stereocenters. The molecule has 5 nitrogen and oxygen atoms in total. The Labute approximate surface area is 170 Å². The minimum atomic E-state index is -1.13. The van der Waals surface area contributed by atoms with Crippen LogP contribution in [0.5, 0.6) is 0 Å². The predicted molar refractivity (Wildman–Crippen MR) is 120 cm³/mol. The molecular formula is C22H37N3O2Si. The number of hydrogen-bond donors (Lipinski definition) is 1. The maximum absolute atomic E-state index is 12.7. The maximum atomic E-state index is 12.7. The number of hydrogen-bond acceptors (Lipinski definition) is 3. The van der Waals surface area contributed by atoms with Crippen LogP contribution in [0.4, 0.5) is 0 Å². The molecule has 0 bridgehead atoms. The Morgan fingerprint density at radius 2 is 2.11 bits per heavy atom. The van der Waals surface area contributed by atoms with Gasteiger partial charge in [-0.2, -0.15) is 0 Å². The Morgan fingerprint density at radius 1 is 1.32 bits per heavy atom. The molecule has 6 heteroatoms. The molecule has 3 heterocycles. The molecule has 156 valence electrons. The maximum Gasteiger partial charge on any atom is 0.272 e. The van der Waals surface area contributed by atoms with Gasteiger partial charge in [-0.1, -0.05) is 33.5 Å². The average molecular weight is 404 g/mol. The number of nitrogens with one attached hydrogen (secondary N) is 1. The number of aromatic nitrogens is 2. The van der Waals surface area contributed by atoms with E-state index in [1.807, 2.05) is 6.20 Å². The summed E-state index contributed by atoms with van der Waals surface area (Å²) in [6.45, 7) is 16.0. The summed E-state index contributed by atoms with van der Waals surface area (Å²) in [6.07, 6.45) is 5.36. The Balaban J connectivity index is 1.89. The van der Waals surface area contributed by atoms with E-state index in [2.05, 4.69) is 54.0 Å². The largest absolute Gasteiger partial charge is 0.361 e. The smallest absolute Gasteiger partial charge is 0.272 e. The molecule has 1 aliphatic heterocycles. The van der Waals surface area contributed by atoms with Gasteiger partial charge < -0.3 is 14.3 Å². The first-order valence-electron chi connectivity index (χ1n) is 10.8. The molecule has 0 aliphatic carbocycles. The second-order valence-corrected chi connectivity index (χ2v) is 15.3. The van der Waals surface area contributed by atoms with Crippen molar-refractivity contribution in [3.63, 3.8) is 0 Å². The van der Waals surface area contributed by atoms with E-state index < -0.39 is 8.07 Å². The zero-order valence-electron chi connectivity index (χ0n) is 18.3.